The smallest absolute Gasteiger partial charge is 0.0681 e. The van der Waals surface area contributed by atoms with E-state index >= 15 is 0 Å². The lowest BCUT2D eigenvalue weighted by molar-refractivity contribution is 0.0814. The maximum absolute atomic E-state index is 5.52. The molecule has 0 bridgehead atoms. The van der Waals surface area contributed by atoms with Crippen LogP contribution >= 0.6 is 0 Å². The van der Waals surface area contributed by atoms with Crippen molar-refractivity contribution in [2.75, 3.05) is 27.4 Å². The van der Waals surface area contributed by atoms with Crippen LogP contribution in [0.5, 0.6) is 0 Å². The highest BCUT2D eigenvalue weighted by atomic mass is 16.5. The molecule has 0 saturated carbocycles. The zero-order valence-corrected chi connectivity index (χ0v) is 16.5. The molecular formula is C26H26O2. The lowest BCUT2D eigenvalue weighted by atomic mass is 9.79. The first kappa shape index (κ1) is 18.7. The van der Waals surface area contributed by atoms with Crippen LogP contribution in [0.3, 0.4) is 0 Å². The van der Waals surface area contributed by atoms with E-state index in [1.807, 2.05) is 0 Å². The van der Waals surface area contributed by atoms with Crippen LogP contribution in [0.25, 0.3) is 17.2 Å². The van der Waals surface area contributed by atoms with E-state index in [1.165, 1.54) is 33.4 Å². The number of rotatable bonds is 4. The van der Waals surface area contributed by atoms with Gasteiger partial charge in [-0.05, 0) is 39.8 Å². The van der Waals surface area contributed by atoms with Gasteiger partial charge in [0.05, 0.1) is 18.6 Å². The second-order valence-corrected chi connectivity index (χ2v) is 7.34. The zero-order valence-electron chi connectivity index (χ0n) is 16.5. The van der Waals surface area contributed by atoms with Crippen LogP contribution in [-0.4, -0.2) is 27.4 Å². The molecule has 2 heteroatoms. The standard InChI is InChI=1S/C17H18O2.C9H8/c1-18-11-17(12-19-2)15-9-5-3-7-13(15)14-8-4-6-10-16(14)17;1-2-5-9-7-3-6-8(9)4-1/h3-10H,11-12H2,1-2H3;1-6H,7H2. The Balaban J connectivity index is 0.000000177. The largest absolute Gasteiger partial charge is 0.383 e. The molecule has 0 spiro atoms. The molecule has 0 saturated heterocycles. The summed E-state index contributed by atoms with van der Waals surface area (Å²) in [5, 5.41) is 0. The van der Waals surface area contributed by atoms with E-state index in [4.69, 9.17) is 9.47 Å². The molecule has 0 radical (unpaired) electrons. The average molecular weight is 370 g/mol. The summed E-state index contributed by atoms with van der Waals surface area (Å²) in [4.78, 5) is 0. The number of hydrogen-bond donors (Lipinski definition) is 0. The highest BCUT2D eigenvalue weighted by Crippen LogP contribution is 2.49. The summed E-state index contributed by atoms with van der Waals surface area (Å²) in [5.74, 6) is 0. The van der Waals surface area contributed by atoms with Crippen molar-refractivity contribution in [3.63, 3.8) is 0 Å². The van der Waals surface area contributed by atoms with Crippen molar-refractivity contribution < 1.29 is 9.47 Å². The Morgan fingerprint density at radius 2 is 1.25 bits per heavy atom. The minimum absolute atomic E-state index is 0.184. The van der Waals surface area contributed by atoms with E-state index in [1.54, 1.807) is 14.2 Å². The van der Waals surface area contributed by atoms with Crippen molar-refractivity contribution in [1.82, 2.24) is 0 Å². The number of ether oxygens (including phenoxy) is 2. The van der Waals surface area contributed by atoms with E-state index in [0.29, 0.717) is 13.2 Å². The number of methoxy groups -OCH3 is 2. The van der Waals surface area contributed by atoms with Gasteiger partial charge in [-0.15, -0.1) is 0 Å². The van der Waals surface area contributed by atoms with Gasteiger partial charge in [0.2, 0.25) is 0 Å². The topological polar surface area (TPSA) is 18.5 Å². The molecule has 0 fully saturated rings. The Morgan fingerprint density at radius 1 is 0.714 bits per heavy atom. The predicted octanol–water partition coefficient (Wildman–Crippen LogP) is 5.50. The Bertz CT molecular complexity index is 933. The summed E-state index contributed by atoms with van der Waals surface area (Å²) in [7, 11) is 3.50. The zero-order chi connectivity index (χ0) is 19.4. The quantitative estimate of drug-likeness (QED) is 0.603. The highest BCUT2D eigenvalue weighted by molar-refractivity contribution is 5.81. The van der Waals surface area contributed by atoms with Crippen molar-refractivity contribution in [2.45, 2.75) is 11.8 Å². The van der Waals surface area contributed by atoms with Gasteiger partial charge in [0.1, 0.15) is 0 Å². The molecule has 142 valence electrons. The second kappa shape index (κ2) is 8.14. The van der Waals surface area contributed by atoms with Crippen molar-refractivity contribution in [3.8, 4) is 11.1 Å². The second-order valence-electron chi connectivity index (χ2n) is 7.34. The Kier molecular flexibility index (Phi) is 5.43. The Hall–Kier alpha value is -2.68. The third kappa shape index (κ3) is 3.19. The van der Waals surface area contributed by atoms with Gasteiger partial charge in [-0.2, -0.15) is 0 Å². The van der Waals surface area contributed by atoms with Crippen molar-refractivity contribution in [3.05, 3.63) is 101 Å². The van der Waals surface area contributed by atoms with E-state index in [0.717, 1.165) is 6.42 Å². The van der Waals surface area contributed by atoms with Crippen LogP contribution in [-0.2, 0) is 21.3 Å². The first-order valence-corrected chi connectivity index (χ1v) is 9.72. The normalized spacial score (nSPS) is 14.6. The first-order valence-electron chi connectivity index (χ1n) is 9.72. The third-order valence-corrected chi connectivity index (χ3v) is 5.65. The van der Waals surface area contributed by atoms with Crippen LogP contribution < -0.4 is 0 Å². The average Bonchev–Trinajstić information content (AvgIpc) is 3.32. The van der Waals surface area contributed by atoms with Gasteiger partial charge in [0, 0.05) is 14.2 Å². The van der Waals surface area contributed by atoms with Gasteiger partial charge in [0.15, 0.2) is 0 Å². The summed E-state index contributed by atoms with van der Waals surface area (Å²) in [6.45, 7) is 1.27. The Labute approximate surface area is 167 Å². The lowest BCUT2D eigenvalue weighted by Gasteiger charge is -2.30. The van der Waals surface area contributed by atoms with E-state index < -0.39 is 0 Å². The first-order chi connectivity index (χ1) is 13.8. The van der Waals surface area contributed by atoms with Crippen molar-refractivity contribution in [1.29, 1.82) is 0 Å². The van der Waals surface area contributed by atoms with Gasteiger partial charge in [-0.3, -0.25) is 0 Å². The molecule has 3 aromatic rings. The summed E-state index contributed by atoms with van der Waals surface area (Å²) in [6, 6.07) is 25.6. The van der Waals surface area contributed by atoms with Crippen LogP contribution in [0, 0.1) is 0 Å². The molecule has 0 heterocycles. The van der Waals surface area contributed by atoms with Crippen LogP contribution in [0.15, 0.2) is 78.9 Å². The number of hydrogen-bond acceptors (Lipinski definition) is 2. The maximum atomic E-state index is 5.52. The molecular weight excluding hydrogens is 344 g/mol. The van der Waals surface area contributed by atoms with Crippen LogP contribution in [0.4, 0.5) is 0 Å². The molecule has 0 N–H and O–H groups in total. The van der Waals surface area contributed by atoms with Crippen LogP contribution in [0.2, 0.25) is 0 Å². The summed E-state index contributed by atoms with van der Waals surface area (Å²) in [6.07, 6.45) is 5.50. The molecule has 28 heavy (non-hydrogen) atoms. The summed E-state index contributed by atoms with van der Waals surface area (Å²) in [5.41, 5.74) is 7.87. The van der Waals surface area contributed by atoms with E-state index in [-0.39, 0.29) is 5.41 Å². The molecule has 0 aromatic heterocycles. The fourth-order valence-electron chi connectivity index (χ4n) is 4.46. The van der Waals surface area contributed by atoms with Gasteiger partial charge in [-0.1, -0.05) is 84.9 Å². The molecule has 0 amide bonds. The fraction of sp³-hybridized carbons (Fsp3) is 0.231. The van der Waals surface area contributed by atoms with Crippen LogP contribution in [0.1, 0.15) is 22.3 Å². The van der Waals surface area contributed by atoms with E-state index in [2.05, 4.69) is 84.9 Å². The minimum atomic E-state index is -0.184. The monoisotopic (exact) mass is 370 g/mol. The number of benzene rings is 3. The van der Waals surface area contributed by atoms with Gasteiger partial charge in [0.25, 0.3) is 0 Å². The van der Waals surface area contributed by atoms with Crippen molar-refractivity contribution in [2.24, 2.45) is 0 Å². The lowest BCUT2D eigenvalue weighted by Crippen LogP contribution is -2.35. The predicted molar refractivity (Wildman–Crippen MR) is 116 cm³/mol. The molecule has 3 aromatic carbocycles. The van der Waals surface area contributed by atoms with Gasteiger partial charge < -0.3 is 9.47 Å². The molecule has 2 aliphatic rings. The summed E-state index contributed by atoms with van der Waals surface area (Å²) >= 11 is 0. The van der Waals surface area contributed by atoms with Gasteiger partial charge >= 0.3 is 0 Å². The maximum Gasteiger partial charge on any atom is 0.0681 e. The highest BCUT2D eigenvalue weighted by Gasteiger charge is 2.43. The minimum Gasteiger partial charge on any atom is -0.383 e. The SMILES string of the molecule is C1=Cc2ccccc2C1.COCC1(COC)c2ccccc2-c2ccccc21. The molecule has 0 unspecified atom stereocenters. The van der Waals surface area contributed by atoms with Crippen molar-refractivity contribution >= 4 is 6.08 Å². The molecule has 0 atom stereocenters. The van der Waals surface area contributed by atoms with Gasteiger partial charge in [-0.25, -0.2) is 0 Å². The third-order valence-electron chi connectivity index (χ3n) is 5.65. The summed E-state index contributed by atoms with van der Waals surface area (Å²) < 4.78 is 11.0. The van der Waals surface area contributed by atoms with E-state index in [9.17, 15) is 0 Å². The number of allylic oxidation sites excluding steroid dienone is 1. The molecule has 5 rings (SSSR count). The molecule has 2 nitrogen and oxygen atoms in total. The molecule has 2 aliphatic carbocycles. The number of fused-ring (bicyclic) bond motifs is 4. The fourth-order valence-corrected chi connectivity index (χ4v) is 4.46. The Morgan fingerprint density at radius 3 is 1.82 bits per heavy atom. The molecule has 0 aliphatic heterocycles.